The molecule has 1 rings (SSSR count). The first-order chi connectivity index (χ1) is 6.38. The van der Waals surface area contributed by atoms with Crippen LogP contribution in [0.2, 0.25) is 0 Å². The first-order valence-electron chi connectivity index (χ1n) is 4.14. The van der Waals surface area contributed by atoms with E-state index in [-0.39, 0.29) is 5.50 Å². The molecule has 0 spiro atoms. The summed E-state index contributed by atoms with van der Waals surface area (Å²) in [7, 11) is 0. The third-order valence-corrected chi connectivity index (χ3v) is 3.07. The average Bonchev–Trinajstić information content (AvgIpc) is 2.32. The smallest absolute Gasteiger partial charge is 0.409 e. The van der Waals surface area contributed by atoms with Crippen molar-refractivity contribution in [3.05, 3.63) is 11.6 Å². The summed E-state index contributed by atoms with van der Waals surface area (Å²) in [4.78, 5) is 11.3. The van der Waals surface area contributed by atoms with Gasteiger partial charge in [0.25, 0.3) is 0 Å². The van der Waals surface area contributed by atoms with Crippen molar-refractivity contribution in [2.24, 2.45) is 0 Å². The second kappa shape index (κ2) is 4.44. The van der Waals surface area contributed by atoms with Crippen molar-refractivity contribution in [2.75, 3.05) is 0 Å². The highest BCUT2D eigenvalue weighted by Gasteiger charge is 2.23. The molecule has 1 heterocycles. The number of thioether (sulfide) groups is 1. The van der Waals surface area contributed by atoms with Gasteiger partial charge in [0.05, 0.1) is 16.1 Å². The van der Waals surface area contributed by atoms with Crippen LogP contribution in [0.15, 0.2) is 11.6 Å². The molecule has 1 atom stereocenters. The zero-order valence-corrected chi connectivity index (χ0v) is 10.7. The molecule has 0 saturated carbocycles. The number of amides is 1. The highest BCUT2D eigenvalue weighted by atomic mass is 79.9. The highest BCUT2D eigenvalue weighted by molar-refractivity contribution is 9.07. The lowest BCUT2D eigenvalue weighted by atomic mass is 10.2. The van der Waals surface area contributed by atoms with Gasteiger partial charge in [-0.15, -0.1) is 0 Å². The monoisotopic (exact) mass is 280 g/mol. The number of carbonyl (C=O) groups is 1. The molecular formula is C8H13BrN2O2S. The summed E-state index contributed by atoms with van der Waals surface area (Å²) >= 11 is 4.76. The highest BCUT2D eigenvalue weighted by Crippen LogP contribution is 2.25. The molecule has 1 aliphatic heterocycles. The van der Waals surface area contributed by atoms with Gasteiger partial charge >= 0.3 is 6.09 Å². The number of hydrogen-bond donors (Lipinski definition) is 1. The Balaban J connectivity index is 2.35. The van der Waals surface area contributed by atoms with Crippen LogP contribution in [0.1, 0.15) is 20.8 Å². The second-order valence-corrected chi connectivity index (χ2v) is 5.57. The molecule has 0 bridgehead atoms. The molecule has 14 heavy (non-hydrogen) atoms. The number of carbonyl (C=O) groups excluding carboxylic acids is 1. The van der Waals surface area contributed by atoms with Crippen molar-refractivity contribution in [3.8, 4) is 0 Å². The number of halogens is 1. The van der Waals surface area contributed by atoms with Crippen LogP contribution in [0, 0.1) is 0 Å². The standard InChI is InChI=1S/C8H13BrN2O2S/c1-8(2,3)13-7(12)10-6-11(9)4-5-14-6/h4-6H,1-3H3,(H,10,12). The van der Waals surface area contributed by atoms with Crippen molar-refractivity contribution in [2.45, 2.75) is 31.9 Å². The SMILES string of the molecule is CC(C)(C)OC(=O)NC1SC=CN1Br. The van der Waals surface area contributed by atoms with Crippen LogP contribution in [0.3, 0.4) is 0 Å². The lowest BCUT2D eigenvalue weighted by Gasteiger charge is -2.23. The van der Waals surface area contributed by atoms with Gasteiger partial charge in [-0.1, -0.05) is 11.8 Å². The van der Waals surface area contributed by atoms with Gasteiger partial charge in [0.15, 0.2) is 5.50 Å². The van der Waals surface area contributed by atoms with Crippen molar-refractivity contribution in [3.63, 3.8) is 0 Å². The topological polar surface area (TPSA) is 41.6 Å². The summed E-state index contributed by atoms with van der Waals surface area (Å²) in [6.07, 6.45) is 1.41. The Labute approximate surface area is 96.4 Å². The molecule has 1 N–H and O–H groups in total. The van der Waals surface area contributed by atoms with E-state index in [9.17, 15) is 4.79 Å². The third kappa shape index (κ3) is 3.79. The molecule has 1 amide bonds. The molecule has 0 saturated heterocycles. The van der Waals surface area contributed by atoms with Crippen LogP contribution in [-0.2, 0) is 4.74 Å². The third-order valence-electron chi connectivity index (χ3n) is 1.27. The summed E-state index contributed by atoms with van der Waals surface area (Å²) in [5.74, 6) is 0. The first-order valence-corrected chi connectivity index (χ1v) is 5.79. The lowest BCUT2D eigenvalue weighted by molar-refractivity contribution is 0.0510. The second-order valence-electron chi connectivity index (χ2n) is 3.76. The number of ether oxygens (including phenoxy) is 1. The number of alkyl carbamates (subject to hydrolysis) is 1. The van der Waals surface area contributed by atoms with Crippen molar-refractivity contribution in [1.29, 1.82) is 0 Å². The van der Waals surface area contributed by atoms with E-state index in [1.165, 1.54) is 11.8 Å². The lowest BCUT2D eigenvalue weighted by Crippen LogP contribution is -2.40. The Morgan fingerprint density at radius 2 is 2.29 bits per heavy atom. The molecular weight excluding hydrogens is 268 g/mol. The molecule has 0 aliphatic carbocycles. The number of nitrogens with zero attached hydrogens (tertiary/aromatic N) is 1. The van der Waals surface area contributed by atoms with Crippen LogP contribution < -0.4 is 5.32 Å². The summed E-state index contributed by atoms with van der Waals surface area (Å²) in [5, 5.41) is 4.59. The number of rotatable bonds is 1. The normalized spacial score (nSPS) is 21.1. The Bertz CT molecular complexity index is 252. The minimum absolute atomic E-state index is 0.134. The maximum atomic E-state index is 11.3. The fourth-order valence-corrected chi connectivity index (χ4v) is 2.18. The Hall–Kier alpha value is -0.360. The fraction of sp³-hybridized carbons (Fsp3) is 0.625. The minimum Gasteiger partial charge on any atom is -0.444 e. The van der Waals surface area contributed by atoms with Crippen molar-refractivity contribution >= 4 is 34.0 Å². The molecule has 0 radical (unpaired) electrons. The Morgan fingerprint density at radius 1 is 1.64 bits per heavy atom. The summed E-state index contributed by atoms with van der Waals surface area (Å²) in [6.45, 7) is 5.50. The molecule has 0 aromatic rings. The molecule has 1 unspecified atom stereocenters. The van der Waals surface area contributed by atoms with Crippen LogP contribution >= 0.6 is 27.9 Å². The fourth-order valence-electron chi connectivity index (χ4n) is 0.808. The molecule has 80 valence electrons. The van der Waals surface area contributed by atoms with Gasteiger partial charge in [0, 0.05) is 6.20 Å². The maximum Gasteiger partial charge on any atom is 0.409 e. The Kier molecular flexibility index (Phi) is 3.71. The molecule has 0 fully saturated rings. The van der Waals surface area contributed by atoms with Crippen molar-refractivity contribution in [1.82, 2.24) is 9.24 Å². The minimum atomic E-state index is -0.460. The van der Waals surface area contributed by atoms with E-state index in [1.54, 1.807) is 3.93 Å². The number of nitrogens with one attached hydrogen (secondary N) is 1. The zero-order chi connectivity index (χ0) is 10.8. The van der Waals surface area contributed by atoms with Crippen LogP contribution in [0.4, 0.5) is 4.79 Å². The average molecular weight is 281 g/mol. The van der Waals surface area contributed by atoms with Crippen molar-refractivity contribution < 1.29 is 9.53 Å². The predicted octanol–water partition coefficient (Wildman–Crippen LogP) is 2.62. The Morgan fingerprint density at radius 3 is 2.71 bits per heavy atom. The predicted molar refractivity (Wildman–Crippen MR) is 60.7 cm³/mol. The largest absolute Gasteiger partial charge is 0.444 e. The van der Waals surface area contributed by atoms with E-state index >= 15 is 0 Å². The van der Waals surface area contributed by atoms with Crippen LogP contribution in [0.5, 0.6) is 0 Å². The zero-order valence-electron chi connectivity index (χ0n) is 8.28. The van der Waals surface area contributed by atoms with Gasteiger partial charge in [-0.05, 0) is 26.2 Å². The van der Waals surface area contributed by atoms with E-state index in [2.05, 4.69) is 21.5 Å². The molecule has 0 aromatic carbocycles. The molecule has 1 aliphatic rings. The quantitative estimate of drug-likeness (QED) is 0.750. The van der Waals surface area contributed by atoms with Gasteiger partial charge in [0.1, 0.15) is 5.60 Å². The molecule has 6 heteroatoms. The summed E-state index contributed by atoms with van der Waals surface area (Å²) in [5.41, 5.74) is -0.595. The van der Waals surface area contributed by atoms with Gasteiger partial charge in [-0.25, -0.2) is 4.79 Å². The van der Waals surface area contributed by atoms with E-state index in [1.807, 2.05) is 32.4 Å². The summed E-state index contributed by atoms with van der Waals surface area (Å²) in [6, 6.07) is 0. The number of hydrogen-bond acceptors (Lipinski definition) is 4. The van der Waals surface area contributed by atoms with E-state index in [0.717, 1.165) is 0 Å². The summed E-state index contributed by atoms with van der Waals surface area (Å²) < 4.78 is 6.83. The van der Waals surface area contributed by atoms with Crippen LogP contribution in [-0.4, -0.2) is 21.1 Å². The molecule has 0 aromatic heterocycles. The van der Waals surface area contributed by atoms with E-state index in [0.29, 0.717) is 0 Å². The van der Waals surface area contributed by atoms with Gasteiger partial charge in [-0.3, -0.25) is 9.24 Å². The van der Waals surface area contributed by atoms with E-state index in [4.69, 9.17) is 4.74 Å². The molecule has 4 nitrogen and oxygen atoms in total. The van der Waals surface area contributed by atoms with Gasteiger partial charge in [-0.2, -0.15) is 0 Å². The van der Waals surface area contributed by atoms with E-state index < -0.39 is 11.7 Å². The maximum absolute atomic E-state index is 11.3. The van der Waals surface area contributed by atoms with Gasteiger partial charge < -0.3 is 4.74 Å². The first kappa shape index (κ1) is 11.7. The van der Waals surface area contributed by atoms with Crippen LogP contribution in [0.25, 0.3) is 0 Å². The van der Waals surface area contributed by atoms with Gasteiger partial charge in [0.2, 0.25) is 0 Å².